The molecule has 0 aliphatic heterocycles. The molecule has 1 aliphatic carbocycles. The van der Waals surface area contributed by atoms with Crippen molar-refractivity contribution in [1.82, 2.24) is 5.32 Å². The Morgan fingerprint density at radius 1 is 1.31 bits per heavy atom. The van der Waals surface area contributed by atoms with Crippen molar-refractivity contribution in [2.45, 2.75) is 37.8 Å². The monoisotopic (exact) mass is 203 g/mol. The molecular weight excluding hydrogens is 182 g/mol. The van der Waals surface area contributed by atoms with Crippen LogP contribution in [0, 0.1) is 0 Å². The number of thioether (sulfide) groups is 1. The van der Waals surface area contributed by atoms with E-state index in [0.29, 0.717) is 6.10 Å². The zero-order valence-electron chi connectivity index (χ0n) is 8.71. The molecule has 0 heterocycles. The molecule has 0 amide bonds. The van der Waals surface area contributed by atoms with E-state index in [0.717, 1.165) is 12.6 Å². The van der Waals surface area contributed by atoms with Gasteiger partial charge in [-0.25, -0.2) is 0 Å². The van der Waals surface area contributed by atoms with E-state index in [-0.39, 0.29) is 0 Å². The molecule has 0 radical (unpaired) electrons. The lowest BCUT2D eigenvalue weighted by atomic mass is 9.93. The first-order valence-corrected chi connectivity index (χ1v) is 6.51. The van der Waals surface area contributed by atoms with Gasteiger partial charge in [-0.15, -0.1) is 0 Å². The fourth-order valence-corrected chi connectivity index (χ4v) is 2.19. The van der Waals surface area contributed by atoms with Gasteiger partial charge in [-0.1, -0.05) is 0 Å². The van der Waals surface area contributed by atoms with Crippen LogP contribution in [0.1, 0.15) is 25.7 Å². The highest BCUT2D eigenvalue weighted by Gasteiger charge is 2.19. The van der Waals surface area contributed by atoms with E-state index in [9.17, 15) is 0 Å². The summed E-state index contributed by atoms with van der Waals surface area (Å²) in [5.41, 5.74) is 0. The summed E-state index contributed by atoms with van der Waals surface area (Å²) in [7, 11) is 1.83. The predicted octanol–water partition coefficient (Wildman–Crippen LogP) is 1.90. The first-order valence-electron chi connectivity index (χ1n) is 5.12. The van der Waals surface area contributed by atoms with Crippen LogP contribution < -0.4 is 5.32 Å². The lowest BCUT2D eigenvalue weighted by Crippen LogP contribution is -2.36. The van der Waals surface area contributed by atoms with Gasteiger partial charge in [0.25, 0.3) is 0 Å². The summed E-state index contributed by atoms with van der Waals surface area (Å²) in [5, 5.41) is 3.59. The van der Waals surface area contributed by atoms with Crippen LogP contribution in [0.5, 0.6) is 0 Å². The Kier molecular flexibility index (Phi) is 5.83. The third-order valence-corrected chi connectivity index (χ3v) is 3.36. The van der Waals surface area contributed by atoms with Gasteiger partial charge in [0.05, 0.1) is 6.10 Å². The molecule has 1 N–H and O–H groups in total. The Morgan fingerprint density at radius 3 is 2.54 bits per heavy atom. The third-order valence-electron chi connectivity index (χ3n) is 2.75. The van der Waals surface area contributed by atoms with Crippen molar-refractivity contribution in [2.24, 2.45) is 0 Å². The molecule has 0 bridgehead atoms. The quantitative estimate of drug-likeness (QED) is 0.690. The molecule has 1 rings (SSSR count). The summed E-state index contributed by atoms with van der Waals surface area (Å²) in [6, 6.07) is 0.749. The van der Waals surface area contributed by atoms with Crippen molar-refractivity contribution in [2.75, 3.05) is 25.7 Å². The minimum Gasteiger partial charge on any atom is -0.381 e. The number of rotatable bonds is 5. The van der Waals surface area contributed by atoms with E-state index >= 15 is 0 Å². The molecule has 0 spiro atoms. The number of ether oxygens (including phenoxy) is 1. The molecule has 1 saturated carbocycles. The first kappa shape index (κ1) is 11.3. The maximum Gasteiger partial charge on any atom is 0.0572 e. The van der Waals surface area contributed by atoms with E-state index in [2.05, 4.69) is 11.6 Å². The van der Waals surface area contributed by atoms with Gasteiger partial charge in [0, 0.05) is 25.4 Å². The first-order chi connectivity index (χ1) is 6.36. The highest BCUT2D eigenvalue weighted by molar-refractivity contribution is 7.98. The third kappa shape index (κ3) is 4.34. The molecule has 0 aromatic rings. The minimum absolute atomic E-state index is 0.526. The summed E-state index contributed by atoms with van der Waals surface area (Å²) in [6.45, 7) is 1.16. The van der Waals surface area contributed by atoms with Gasteiger partial charge in [0.1, 0.15) is 0 Å². The van der Waals surface area contributed by atoms with Crippen LogP contribution in [0.4, 0.5) is 0 Å². The Balaban J connectivity index is 2.03. The maximum absolute atomic E-state index is 5.33. The van der Waals surface area contributed by atoms with Crippen LogP contribution in [0.3, 0.4) is 0 Å². The molecule has 0 atom stereocenters. The second kappa shape index (κ2) is 6.68. The average molecular weight is 203 g/mol. The van der Waals surface area contributed by atoms with E-state index in [1.165, 1.54) is 31.4 Å². The zero-order valence-corrected chi connectivity index (χ0v) is 9.53. The summed E-state index contributed by atoms with van der Waals surface area (Å²) in [5.74, 6) is 1.23. The highest BCUT2D eigenvalue weighted by atomic mass is 32.2. The van der Waals surface area contributed by atoms with Crippen LogP contribution in [0.2, 0.25) is 0 Å². The molecule has 0 aromatic carbocycles. The minimum atomic E-state index is 0.526. The zero-order chi connectivity index (χ0) is 9.52. The van der Waals surface area contributed by atoms with E-state index in [4.69, 9.17) is 4.74 Å². The lowest BCUT2D eigenvalue weighted by molar-refractivity contribution is 0.0628. The van der Waals surface area contributed by atoms with Gasteiger partial charge in [-0.3, -0.25) is 0 Å². The van der Waals surface area contributed by atoms with Crippen molar-refractivity contribution < 1.29 is 4.74 Å². The summed E-state index contributed by atoms with van der Waals surface area (Å²) < 4.78 is 5.33. The Labute approximate surface area is 85.8 Å². The van der Waals surface area contributed by atoms with E-state index in [1.807, 2.05) is 18.9 Å². The van der Waals surface area contributed by atoms with E-state index < -0.39 is 0 Å². The molecule has 1 aliphatic rings. The molecule has 0 unspecified atom stereocenters. The van der Waals surface area contributed by atoms with Crippen molar-refractivity contribution in [1.29, 1.82) is 0 Å². The summed E-state index contributed by atoms with van der Waals surface area (Å²) >= 11 is 1.91. The fraction of sp³-hybridized carbons (Fsp3) is 1.00. The Hall–Kier alpha value is 0.270. The van der Waals surface area contributed by atoms with Crippen LogP contribution in [-0.2, 0) is 4.74 Å². The molecule has 13 heavy (non-hydrogen) atoms. The maximum atomic E-state index is 5.33. The van der Waals surface area contributed by atoms with Gasteiger partial charge in [0.2, 0.25) is 0 Å². The SMILES string of the molecule is COC1CCC(NCCSC)CC1. The Morgan fingerprint density at radius 2 is 2.00 bits per heavy atom. The molecule has 1 fully saturated rings. The summed E-state index contributed by atoms with van der Waals surface area (Å²) in [4.78, 5) is 0. The van der Waals surface area contributed by atoms with Gasteiger partial charge < -0.3 is 10.1 Å². The summed E-state index contributed by atoms with van der Waals surface area (Å²) in [6.07, 6.45) is 7.71. The topological polar surface area (TPSA) is 21.3 Å². The standard InChI is InChI=1S/C10H21NOS/c1-12-10-5-3-9(4-6-10)11-7-8-13-2/h9-11H,3-8H2,1-2H3. The van der Waals surface area contributed by atoms with Crippen LogP contribution in [-0.4, -0.2) is 37.8 Å². The van der Waals surface area contributed by atoms with Gasteiger partial charge >= 0.3 is 0 Å². The molecule has 0 aromatic heterocycles. The molecule has 78 valence electrons. The van der Waals surface area contributed by atoms with Crippen LogP contribution in [0.25, 0.3) is 0 Å². The van der Waals surface area contributed by atoms with Crippen LogP contribution >= 0.6 is 11.8 Å². The van der Waals surface area contributed by atoms with Gasteiger partial charge in [0.15, 0.2) is 0 Å². The number of methoxy groups -OCH3 is 1. The molecule has 3 heteroatoms. The predicted molar refractivity (Wildman–Crippen MR) is 59.4 cm³/mol. The van der Waals surface area contributed by atoms with Crippen LogP contribution in [0.15, 0.2) is 0 Å². The number of nitrogens with one attached hydrogen (secondary N) is 1. The second-order valence-electron chi connectivity index (χ2n) is 3.66. The largest absolute Gasteiger partial charge is 0.381 e. The lowest BCUT2D eigenvalue weighted by Gasteiger charge is -2.28. The molecule has 2 nitrogen and oxygen atoms in total. The number of hydrogen-bond acceptors (Lipinski definition) is 3. The molecule has 0 saturated heterocycles. The molecular formula is C10H21NOS. The van der Waals surface area contributed by atoms with Crippen molar-refractivity contribution in [3.63, 3.8) is 0 Å². The van der Waals surface area contributed by atoms with Crippen molar-refractivity contribution in [3.05, 3.63) is 0 Å². The Bertz CT molecular complexity index is 121. The van der Waals surface area contributed by atoms with Crippen molar-refractivity contribution >= 4 is 11.8 Å². The highest BCUT2D eigenvalue weighted by Crippen LogP contribution is 2.20. The van der Waals surface area contributed by atoms with Gasteiger partial charge in [-0.2, -0.15) is 11.8 Å². The second-order valence-corrected chi connectivity index (χ2v) is 4.64. The van der Waals surface area contributed by atoms with Crippen molar-refractivity contribution in [3.8, 4) is 0 Å². The average Bonchev–Trinajstić information content (AvgIpc) is 2.19. The normalized spacial score (nSPS) is 29.1. The smallest absolute Gasteiger partial charge is 0.0572 e. The van der Waals surface area contributed by atoms with E-state index in [1.54, 1.807) is 0 Å². The van der Waals surface area contributed by atoms with Gasteiger partial charge in [-0.05, 0) is 31.9 Å². The number of hydrogen-bond donors (Lipinski definition) is 1. The fourth-order valence-electron chi connectivity index (χ4n) is 1.87.